The zero-order valence-corrected chi connectivity index (χ0v) is 21.6. The molecule has 0 radical (unpaired) electrons. The minimum Gasteiger partial charge on any atom is -0.356 e. The lowest BCUT2D eigenvalue weighted by molar-refractivity contribution is 0.0580. The molecule has 0 saturated carbocycles. The van der Waals surface area contributed by atoms with Crippen LogP contribution in [0.4, 0.5) is 4.39 Å². The lowest BCUT2D eigenvalue weighted by Gasteiger charge is -2.37. The lowest BCUT2D eigenvalue weighted by atomic mass is 9.97. The highest BCUT2D eigenvalue weighted by Crippen LogP contribution is 2.44. The topological polar surface area (TPSA) is 133 Å². The molecule has 192 valence electrons. The third-order valence-corrected chi connectivity index (χ3v) is 9.51. The standard InChI is InChI=1S/C26H25FN4O4S2/c1-13-19-10-22(27)21(11-23(19)35-30-13)25-20(14-2-6-18(7-3-14)37(29,33)34)12-24(36-25)26(32)31-16-4-5-17(31)9-15(28)8-16/h2-3,6-7,10-12,15-17H,4-5,8-9,28H2,1H3,(H2,29,33,34). The van der Waals surface area contributed by atoms with Crippen LogP contribution in [0.5, 0.6) is 0 Å². The van der Waals surface area contributed by atoms with E-state index in [2.05, 4.69) is 5.16 Å². The van der Waals surface area contributed by atoms with Crippen LogP contribution in [0.15, 0.2) is 51.9 Å². The van der Waals surface area contributed by atoms with Crippen molar-refractivity contribution in [2.45, 2.75) is 55.6 Å². The molecule has 2 saturated heterocycles. The molecule has 2 bridgehead atoms. The molecule has 1 amide bonds. The van der Waals surface area contributed by atoms with Crippen molar-refractivity contribution in [1.82, 2.24) is 10.1 Å². The number of sulfonamides is 1. The number of rotatable bonds is 4. The summed E-state index contributed by atoms with van der Waals surface area (Å²) in [7, 11) is -3.87. The molecule has 37 heavy (non-hydrogen) atoms. The smallest absolute Gasteiger partial charge is 0.264 e. The minimum absolute atomic E-state index is 0.0321. The van der Waals surface area contributed by atoms with E-state index < -0.39 is 15.8 Å². The maximum atomic E-state index is 15.5. The van der Waals surface area contributed by atoms with E-state index >= 15 is 4.39 Å². The largest absolute Gasteiger partial charge is 0.356 e. The van der Waals surface area contributed by atoms with E-state index in [0.717, 1.165) is 25.7 Å². The Morgan fingerprint density at radius 3 is 2.43 bits per heavy atom. The van der Waals surface area contributed by atoms with Gasteiger partial charge in [-0.25, -0.2) is 17.9 Å². The number of carbonyl (C=O) groups excluding carboxylic acids is 1. The van der Waals surface area contributed by atoms with Crippen LogP contribution in [-0.2, 0) is 10.0 Å². The Hall–Kier alpha value is -3.12. The molecule has 2 aliphatic rings. The zero-order valence-electron chi connectivity index (χ0n) is 20.0. The summed E-state index contributed by atoms with van der Waals surface area (Å²) in [4.78, 5) is 16.7. The number of fused-ring (bicyclic) bond motifs is 3. The third kappa shape index (κ3) is 4.15. The minimum atomic E-state index is -3.87. The second kappa shape index (κ2) is 8.73. The van der Waals surface area contributed by atoms with E-state index in [9.17, 15) is 13.2 Å². The van der Waals surface area contributed by atoms with Crippen molar-refractivity contribution < 1.29 is 22.1 Å². The third-order valence-electron chi connectivity index (χ3n) is 7.43. The summed E-state index contributed by atoms with van der Waals surface area (Å²) >= 11 is 1.21. The maximum absolute atomic E-state index is 15.5. The summed E-state index contributed by atoms with van der Waals surface area (Å²) < 4.78 is 44.3. The zero-order chi connectivity index (χ0) is 26.1. The second-order valence-corrected chi connectivity index (χ2v) is 12.5. The summed E-state index contributed by atoms with van der Waals surface area (Å²) in [6, 6.07) is 11.1. The molecule has 2 fully saturated rings. The van der Waals surface area contributed by atoms with Crippen molar-refractivity contribution in [2.75, 3.05) is 0 Å². The Morgan fingerprint density at radius 1 is 1.11 bits per heavy atom. The van der Waals surface area contributed by atoms with Crippen LogP contribution in [0.25, 0.3) is 32.5 Å². The van der Waals surface area contributed by atoms with Crippen molar-refractivity contribution >= 4 is 38.2 Å². The Balaban J connectivity index is 1.48. The van der Waals surface area contributed by atoms with Gasteiger partial charge < -0.3 is 15.2 Å². The quantitative estimate of drug-likeness (QED) is 0.394. The lowest BCUT2D eigenvalue weighted by Crippen LogP contribution is -2.49. The molecular weight excluding hydrogens is 515 g/mol. The van der Waals surface area contributed by atoms with E-state index in [0.29, 0.717) is 37.5 Å². The van der Waals surface area contributed by atoms with Gasteiger partial charge in [0.15, 0.2) is 5.58 Å². The van der Waals surface area contributed by atoms with Gasteiger partial charge in [0.1, 0.15) is 5.82 Å². The predicted octanol–water partition coefficient (Wildman–Crippen LogP) is 4.41. The highest BCUT2D eigenvalue weighted by atomic mass is 32.2. The van der Waals surface area contributed by atoms with Crippen LogP contribution in [0, 0.1) is 12.7 Å². The van der Waals surface area contributed by atoms with Gasteiger partial charge in [0.2, 0.25) is 10.0 Å². The number of aromatic nitrogens is 1. The number of aryl methyl sites for hydroxylation is 1. The number of halogens is 1. The number of hydrogen-bond donors (Lipinski definition) is 2. The SMILES string of the molecule is Cc1noc2cc(-c3sc(C(=O)N4C5CCC4CC(N)C5)cc3-c3ccc(S(N)(=O)=O)cc3)c(F)cc12. The summed E-state index contributed by atoms with van der Waals surface area (Å²) in [6.07, 6.45) is 3.41. The number of nitrogens with zero attached hydrogens (tertiary/aromatic N) is 2. The molecule has 4 N–H and O–H groups in total. The molecule has 4 heterocycles. The molecule has 11 heteroatoms. The van der Waals surface area contributed by atoms with E-state index in [1.807, 2.05) is 4.90 Å². The summed E-state index contributed by atoms with van der Waals surface area (Å²) in [5, 5.41) is 9.77. The Labute approximate surface area is 217 Å². The monoisotopic (exact) mass is 540 g/mol. The molecule has 2 aromatic carbocycles. The van der Waals surface area contributed by atoms with Crippen LogP contribution in [0.1, 0.15) is 41.0 Å². The van der Waals surface area contributed by atoms with Crippen LogP contribution < -0.4 is 10.9 Å². The average Bonchev–Trinajstić information content (AvgIpc) is 3.52. The predicted molar refractivity (Wildman–Crippen MR) is 139 cm³/mol. The number of thiophene rings is 1. The molecule has 0 spiro atoms. The van der Waals surface area contributed by atoms with Crippen molar-refractivity contribution in [3.63, 3.8) is 0 Å². The van der Waals surface area contributed by atoms with Crippen molar-refractivity contribution in [3.8, 4) is 21.6 Å². The van der Waals surface area contributed by atoms with Gasteiger partial charge >= 0.3 is 0 Å². The first-order chi connectivity index (χ1) is 17.6. The Morgan fingerprint density at radius 2 is 1.78 bits per heavy atom. The highest BCUT2D eigenvalue weighted by molar-refractivity contribution is 7.89. The molecule has 6 rings (SSSR count). The Kier molecular flexibility index (Phi) is 5.72. The maximum Gasteiger partial charge on any atom is 0.264 e. The van der Waals surface area contributed by atoms with Gasteiger partial charge in [-0.1, -0.05) is 17.3 Å². The first-order valence-electron chi connectivity index (χ1n) is 12.0. The molecule has 2 unspecified atom stereocenters. The second-order valence-electron chi connectivity index (χ2n) is 9.85. The fraction of sp³-hybridized carbons (Fsp3) is 0.308. The molecule has 2 aromatic heterocycles. The van der Waals surface area contributed by atoms with E-state index in [4.69, 9.17) is 15.4 Å². The van der Waals surface area contributed by atoms with Crippen molar-refractivity contribution in [2.24, 2.45) is 10.9 Å². The summed E-state index contributed by atoms with van der Waals surface area (Å²) in [6.45, 7) is 1.74. The van der Waals surface area contributed by atoms with Crippen LogP contribution in [0.2, 0.25) is 0 Å². The molecule has 4 aromatic rings. The molecule has 0 aliphatic carbocycles. The van der Waals surface area contributed by atoms with Crippen LogP contribution in [0.3, 0.4) is 0 Å². The normalized spacial score (nSPS) is 21.6. The van der Waals surface area contributed by atoms with E-state index in [-0.39, 0.29) is 34.5 Å². The highest BCUT2D eigenvalue weighted by Gasteiger charge is 2.43. The number of carbonyl (C=O) groups is 1. The van der Waals surface area contributed by atoms with Gasteiger partial charge in [-0.15, -0.1) is 11.3 Å². The van der Waals surface area contributed by atoms with Crippen molar-refractivity contribution in [1.29, 1.82) is 0 Å². The number of amides is 1. The van der Waals surface area contributed by atoms with Crippen LogP contribution in [-0.4, -0.2) is 42.5 Å². The summed E-state index contributed by atoms with van der Waals surface area (Å²) in [5.74, 6) is -0.555. The van der Waals surface area contributed by atoms with Crippen molar-refractivity contribution in [3.05, 3.63) is 58.9 Å². The number of benzene rings is 2. The molecule has 2 aliphatic heterocycles. The van der Waals surface area contributed by atoms with Gasteiger partial charge in [-0.2, -0.15) is 0 Å². The number of nitrogens with two attached hydrogens (primary N) is 2. The number of primary sulfonamides is 1. The fourth-order valence-electron chi connectivity index (χ4n) is 5.67. The first kappa shape index (κ1) is 24.2. The van der Waals surface area contributed by atoms with Crippen LogP contribution >= 0.6 is 11.3 Å². The van der Waals surface area contributed by atoms with E-state index in [1.54, 1.807) is 31.2 Å². The summed E-state index contributed by atoms with van der Waals surface area (Å²) in [5.41, 5.74) is 8.75. The van der Waals surface area contributed by atoms with Gasteiger partial charge in [-0.3, -0.25) is 4.79 Å². The number of hydrogen-bond acceptors (Lipinski definition) is 7. The number of piperidine rings is 1. The van der Waals surface area contributed by atoms with E-state index in [1.165, 1.54) is 29.5 Å². The van der Waals surface area contributed by atoms with Gasteiger partial charge in [0.25, 0.3) is 5.91 Å². The first-order valence-corrected chi connectivity index (χ1v) is 14.4. The van der Waals surface area contributed by atoms with Gasteiger partial charge in [0.05, 0.1) is 15.5 Å². The Bertz CT molecular complexity index is 1630. The molecule has 2 atom stereocenters. The van der Waals surface area contributed by atoms with Gasteiger partial charge in [0, 0.05) is 39.5 Å². The van der Waals surface area contributed by atoms with Gasteiger partial charge in [-0.05, 0) is 68.5 Å². The molecular formula is C26H25FN4O4S2. The fourth-order valence-corrected chi connectivity index (χ4v) is 7.32. The average molecular weight is 541 g/mol. The molecule has 8 nitrogen and oxygen atoms in total.